The second-order valence-corrected chi connectivity index (χ2v) is 18.8. The van der Waals surface area contributed by atoms with Gasteiger partial charge in [-0.1, -0.05) is 109 Å². The van der Waals surface area contributed by atoms with Gasteiger partial charge in [0, 0.05) is 57.4 Å². The maximum Gasteiger partial charge on any atom is 0.0462 e. The van der Waals surface area contributed by atoms with Gasteiger partial charge in [-0.05, 0) is 138 Å². The molecule has 13 rings (SSSR count). The summed E-state index contributed by atoms with van der Waals surface area (Å²) < 4.78 is 5.41. The van der Waals surface area contributed by atoms with Crippen molar-refractivity contribution in [1.82, 2.24) is 0 Å². The van der Waals surface area contributed by atoms with Gasteiger partial charge in [-0.2, -0.15) is 0 Å². The monoisotopic (exact) mass is 743 g/mol. The van der Waals surface area contributed by atoms with Gasteiger partial charge in [0.05, 0.1) is 0 Å². The predicted molar refractivity (Wildman–Crippen MR) is 238 cm³/mol. The van der Waals surface area contributed by atoms with E-state index in [9.17, 15) is 0 Å². The molecular formula is C52H41NS2. The molecule has 0 atom stereocenters. The number of fused-ring (bicyclic) bond motifs is 6. The fourth-order valence-corrected chi connectivity index (χ4v) is 13.9. The minimum absolute atomic E-state index is 0.392. The molecule has 4 bridgehead atoms. The lowest BCUT2D eigenvalue weighted by Gasteiger charge is -2.57. The van der Waals surface area contributed by atoms with Gasteiger partial charge in [-0.25, -0.2) is 0 Å². The summed E-state index contributed by atoms with van der Waals surface area (Å²) in [6, 6.07) is 59.5. The van der Waals surface area contributed by atoms with Gasteiger partial charge >= 0.3 is 0 Å². The van der Waals surface area contributed by atoms with Crippen molar-refractivity contribution >= 4 is 80.1 Å². The molecule has 3 heteroatoms. The molecule has 0 amide bonds. The number of nitrogens with zero attached hydrogens (tertiary/aromatic N) is 1. The summed E-state index contributed by atoms with van der Waals surface area (Å²) in [5, 5.41) is 5.37. The summed E-state index contributed by atoms with van der Waals surface area (Å²) in [6.45, 7) is 0. The highest BCUT2D eigenvalue weighted by Crippen LogP contribution is 2.61. The molecule has 4 saturated carbocycles. The summed E-state index contributed by atoms with van der Waals surface area (Å²) in [6.07, 6.45) is 8.61. The Morgan fingerprint density at radius 1 is 0.400 bits per heavy atom. The molecule has 0 unspecified atom stereocenters. The highest BCUT2D eigenvalue weighted by atomic mass is 32.1. The third kappa shape index (κ3) is 5.16. The summed E-state index contributed by atoms with van der Waals surface area (Å²) in [5.74, 6) is 2.82. The van der Waals surface area contributed by atoms with Gasteiger partial charge < -0.3 is 4.90 Å². The van der Waals surface area contributed by atoms with Gasteiger partial charge in [0.15, 0.2) is 0 Å². The Balaban J connectivity index is 0.939. The minimum atomic E-state index is 0.392. The van der Waals surface area contributed by atoms with Crippen LogP contribution in [0, 0.1) is 17.8 Å². The summed E-state index contributed by atoms with van der Waals surface area (Å²) in [7, 11) is 0. The fraction of sp³-hybridized carbons (Fsp3) is 0.192. The molecule has 4 aliphatic carbocycles. The van der Waals surface area contributed by atoms with E-state index in [0.717, 1.165) is 17.8 Å². The molecule has 266 valence electrons. The first kappa shape index (κ1) is 32.1. The van der Waals surface area contributed by atoms with Crippen LogP contribution in [0.15, 0.2) is 158 Å². The predicted octanol–water partition coefficient (Wildman–Crippen LogP) is 15.7. The van der Waals surface area contributed by atoms with Gasteiger partial charge in [0.25, 0.3) is 0 Å². The van der Waals surface area contributed by atoms with Gasteiger partial charge in [-0.3, -0.25) is 0 Å². The van der Waals surface area contributed by atoms with Crippen LogP contribution in [0.3, 0.4) is 0 Å². The van der Waals surface area contributed by atoms with E-state index in [4.69, 9.17) is 0 Å². The number of rotatable bonds is 6. The maximum absolute atomic E-state index is 2.49. The first-order valence-electron chi connectivity index (χ1n) is 20.1. The fourth-order valence-electron chi connectivity index (χ4n) is 11.4. The highest BCUT2D eigenvalue weighted by molar-refractivity contribution is 7.26. The van der Waals surface area contributed by atoms with E-state index < -0.39 is 0 Å². The van der Waals surface area contributed by atoms with Gasteiger partial charge in [0.2, 0.25) is 0 Å². The first-order valence-corrected chi connectivity index (χ1v) is 21.7. The Kier molecular flexibility index (Phi) is 7.23. The molecule has 0 spiro atoms. The molecule has 9 aromatic rings. The Morgan fingerprint density at radius 2 is 0.800 bits per heavy atom. The molecule has 0 aliphatic heterocycles. The van der Waals surface area contributed by atoms with Gasteiger partial charge in [0.1, 0.15) is 0 Å². The third-order valence-corrected chi connectivity index (χ3v) is 15.9. The van der Waals surface area contributed by atoms with Crippen LogP contribution in [0.25, 0.3) is 62.6 Å². The zero-order valence-corrected chi connectivity index (χ0v) is 32.4. The lowest BCUT2D eigenvalue weighted by Crippen LogP contribution is -2.48. The first-order chi connectivity index (χ1) is 27.2. The van der Waals surface area contributed by atoms with Crippen LogP contribution in [-0.2, 0) is 5.41 Å². The Hall–Kier alpha value is -5.22. The van der Waals surface area contributed by atoms with E-state index >= 15 is 0 Å². The smallest absolute Gasteiger partial charge is 0.0462 e. The highest BCUT2D eigenvalue weighted by Gasteiger charge is 2.51. The zero-order chi connectivity index (χ0) is 36.1. The molecule has 0 radical (unpaired) electrons. The second kappa shape index (κ2) is 12.4. The van der Waals surface area contributed by atoms with E-state index in [0.29, 0.717) is 5.41 Å². The Labute approximate surface area is 330 Å². The van der Waals surface area contributed by atoms with Crippen LogP contribution in [0.1, 0.15) is 44.1 Å². The lowest BCUT2D eigenvalue weighted by atomic mass is 9.48. The Bertz CT molecular complexity index is 2700. The van der Waals surface area contributed by atoms with E-state index in [1.54, 1.807) is 5.56 Å². The largest absolute Gasteiger partial charge is 0.311 e. The maximum atomic E-state index is 2.49. The van der Waals surface area contributed by atoms with Crippen molar-refractivity contribution in [3.63, 3.8) is 0 Å². The lowest BCUT2D eigenvalue weighted by molar-refractivity contribution is -0.00518. The Morgan fingerprint density at radius 3 is 1.25 bits per heavy atom. The van der Waals surface area contributed by atoms with E-state index in [-0.39, 0.29) is 0 Å². The molecule has 7 aromatic carbocycles. The molecule has 1 nitrogen and oxygen atoms in total. The average Bonchev–Trinajstić information content (AvgIpc) is 3.80. The quantitative estimate of drug-likeness (QED) is 0.164. The zero-order valence-electron chi connectivity index (χ0n) is 30.7. The molecule has 4 fully saturated rings. The average molecular weight is 744 g/mol. The van der Waals surface area contributed by atoms with Crippen molar-refractivity contribution in [3.8, 4) is 22.3 Å². The second-order valence-electron chi connectivity index (χ2n) is 16.7. The van der Waals surface area contributed by atoms with Crippen molar-refractivity contribution in [2.24, 2.45) is 17.8 Å². The molecule has 0 saturated heterocycles. The standard InChI is InChI=1S/C52H41NS2/c1-3-13-48-44(7-1)46-11-5-9-42(50(46)54-48)36-15-21-39(22-16-36)53(41-25-19-38(20-26-41)52-30-33-27-34(31-52)29-35(28-33)32-52)40-23-17-37(18-24-40)43-10-6-12-47-45-8-2-4-14-49(45)55-51(43)47/h1-26,33-35H,27-32H2. The molecule has 2 heterocycles. The molecule has 2 aromatic heterocycles. The van der Waals surface area contributed by atoms with Crippen LogP contribution < -0.4 is 4.90 Å². The van der Waals surface area contributed by atoms with Crippen LogP contribution in [0.4, 0.5) is 17.1 Å². The van der Waals surface area contributed by atoms with Crippen LogP contribution >= 0.6 is 22.7 Å². The number of benzene rings is 7. The summed E-state index contributed by atoms with van der Waals surface area (Å²) in [5.41, 5.74) is 10.6. The molecule has 4 aliphatic rings. The SMILES string of the molecule is c1ccc2c(c1)sc1c(-c3ccc(N(c4ccc(-c5cccc6c5sc5ccccc56)cc4)c4ccc(C56CC7CC(CC(C7)C5)C6)cc4)cc3)cccc12. The summed E-state index contributed by atoms with van der Waals surface area (Å²) in [4.78, 5) is 2.46. The van der Waals surface area contributed by atoms with Crippen LogP contribution in [-0.4, -0.2) is 0 Å². The third-order valence-electron chi connectivity index (χ3n) is 13.5. The number of hydrogen-bond donors (Lipinski definition) is 0. The molecule has 0 N–H and O–H groups in total. The van der Waals surface area contributed by atoms with Crippen molar-refractivity contribution in [3.05, 3.63) is 163 Å². The minimum Gasteiger partial charge on any atom is -0.311 e. The van der Waals surface area contributed by atoms with Crippen LogP contribution in [0.2, 0.25) is 0 Å². The molecule has 55 heavy (non-hydrogen) atoms. The normalized spacial score (nSPS) is 21.6. The van der Waals surface area contributed by atoms with Crippen molar-refractivity contribution in [2.45, 2.75) is 43.9 Å². The van der Waals surface area contributed by atoms with Gasteiger partial charge in [-0.15, -0.1) is 22.7 Å². The van der Waals surface area contributed by atoms with E-state index in [2.05, 4.69) is 163 Å². The number of hydrogen-bond acceptors (Lipinski definition) is 3. The van der Waals surface area contributed by atoms with Crippen molar-refractivity contribution in [1.29, 1.82) is 0 Å². The van der Waals surface area contributed by atoms with Crippen LogP contribution in [0.5, 0.6) is 0 Å². The van der Waals surface area contributed by atoms with E-state index in [1.165, 1.54) is 118 Å². The number of thiophene rings is 2. The van der Waals surface area contributed by atoms with E-state index in [1.807, 2.05) is 22.7 Å². The van der Waals surface area contributed by atoms with Crippen molar-refractivity contribution in [2.75, 3.05) is 4.90 Å². The van der Waals surface area contributed by atoms with Crippen molar-refractivity contribution < 1.29 is 0 Å². The summed E-state index contributed by atoms with van der Waals surface area (Å²) >= 11 is 3.80. The topological polar surface area (TPSA) is 3.24 Å². The number of anilines is 3. The molecular weight excluding hydrogens is 703 g/mol.